The molecule has 3 fully saturated rings. The smallest absolute Gasteiger partial charge is 0.130 e. The average molecular weight is 284 g/mol. The minimum atomic E-state index is 0.543. The number of hydrogen-bond acceptors (Lipinski definition) is 2. The Hall–Kier alpha value is -0.160. The highest BCUT2D eigenvalue weighted by Crippen LogP contribution is 2.32. The van der Waals surface area contributed by atoms with Crippen LogP contribution in [0.5, 0.6) is 0 Å². The molecule has 1 aliphatic carbocycles. The number of nitrogens with zero attached hydrogens (tertiary/aromatic N) is 2. The highest BCUT2D eigenvalue weighted by molar-refractivity contribution is 4.78. The minimum absolute atomic E-state index is 0.543. The van der Waals surface area contributed by atoms with Crippen LogP contribution in [0, 0.1) is 0 Å². The molecule has 3 aliphatic rings. The third kappa shape index (κ3) is 3.53. The Bertz CT molecular complexity index is 306. The fourth-order valence-corrected chi connectivity index (χ4v) is 4.15. The lowest BCUT2D eigenvalue weighted by molar-refractivity contribution is -0.931. The lowest BCUT2D eigenvalue weighted by Gasteiger charge is -2.45. The predicted molar refractivity (Wildman–Crippen MR) is 79.5 cm³/mol. The van der Waals surface area contributed by atoms with E-state index in [4.69, 9.17) is 9.47 Å². The van der Waals surface area contributed by atoms with Gasteiger partial charge < -0.3 is 18.4 Å². The monoisotopic (exact) mass is 284 g/mol. The van der Waals surface area contributed by atoms with Crippen LogP contribution < -0.4 is 0 Å². The second-order valence-electron chi connectivity index (χ2n) is 8.30. The lowest BCUT2D eigenvalue weighted by atomic mass is 9.87. The van der Waals surface area contributed by atoms with Gasteiger partial charge in [0.05, 0.1) is 53.5 Å². The zero-order chi connectivity index (χ0) is 14.4. The number of likely N-dealkylation sites (N-methyl/N-ethyl adjacent to an activating group) is 2. The van der Waals surface area contributed by atoms with E-state index in [0.717, 1.165) is 34.3 Å². The molecule has 2 heterocycles. The summed E-state index contributed by atoms with van der Waals surface area (Å²) in [5, 5.41) is 0. The summed E-state index contributed by atoms with van der Waals surface area (Å²) in [6.45, 7) is 4.37. The molecule has 0 aromatic heterocycles. The fourth-order valence-electron chi connectivity index (χ4n) is 4.15. The molecule has 0 amide bonds. The summed E-state index contributed by atoms with van der Waals surface area (Å²) in [5.41, 5.74) is 0. The van der Waals surface area contributed by atoms with Gasteiger partial charge in [-0.15, -0.1) is 0 Å². The third-order valence-electron chi connectivity index (χ3n) is 5.80. The maximum absolute atomic E-state index is 5.43. The van der Waals surface area contributed by atoms with E-state index < -0.39 is 0 Å². The van der Waals surface area contributed by atoms with Gasteiger partial charge in [-0.2, -0.15) is 0 Å². The van der Waals surface area contributed by atoms with Crippen molar-refractivity contribution in [1.29, 1.82) is 0 Å². The molecule has 116 valence electrons. The minimum Gasteiger partial charge on any atom is -0.367 e. The van der Waals surface area contributed by atoms with Gasteiger partial charge in [-0.1, -0.05) is 0 Å². The quantitative estimate of drug-likeness (QED) is 0.542. The van der Waals surface area contributed by atoms with Crippen molar-refractivity contribution in [3.63, 3.8) is 0 Å². The van der Waals surface area contributed by atoms with Gasteiger partial charge in [-0.3, -0.25) is 0 Å². The summed E-state index contributed by atoms with van der Waals surface area (Å²) in [4.78, 5) is 0. The van der Waals surface area contributed by atoms with Crippen LogP contribution in [0.2, 0.25) is 0 Å². The van der Waals surface area contributed by atoms with Crippen LogP contribution in [0.15, 0.2) is 0 Å². The molecule has 4 heteroatoms. The molecule has 0 radical (unpaired) electrons. The molecule has 2 saturated heterocycles. The highest BCUT2D eigenvalue weighted by Gasteiger charge is 2.43. The molecule has 20 heavy (non-hydrogen) atoms. The summed E-state index contributed by atoms with van der Waals surface area (Å²) in [6.07, 6.45) is 6.58. The summed E-state index contributed by atoms with van der Waals surface area (Å²) in [6, 6.07) is 1.65. The van der Waals surface area contributed by atoms with E-state index in [1.54, 1.807) is 0 Å². The molecule has 3 rings (SSSR count). The number of quaternary nitrogens is 2. The normalized spacial score (nSPS) is 37.8. The molecule has 0 bridgehead atoms. The first-order valence-corrected chi connectivity index (χ1v) is 8.25. The molecular formula is C16H32N2O2+2. The van der Waals surface area contributed by atoms with E-state index in [-0.39, 0.29) is 0 Å². The van der Waals surface area contributed by atoms with Crippen molar-refractivity contribution in [2.24, 2.45) is 0 Å². The Labute approximate surface area is 123 Å². The van der Waals surface area contributed by atoms with Crippen molar-refractivity contribution in [2.45, 2.75) is 50.0 Å². The molecule has 4 nitrogen and oxygen atoms in total. The molecule has 2 atom stereocenters. The van der Waals surface area contributed by atoms with E-state index in [2.05, 4.69) is 28.2 Å². The summed E-state index contributed by atoms with van der Waals surface area (Å²) in [5.74, 6) is 0. The summed E-state index contributed by atoms with van der Waals surface area (Å²) < 4.78 is 13.2. The Morgan fingerprint density at radius 3 is 1.25 bits per heavy atom. The van der Waals surface area contributed by atoms with Crippen molar-refractivity contribution < 1.29 is 18.4 Å². The molecule has 0 spiro atoms. The van der Waals surface area contributed by atoms with Crippen molar-refractivity contribution in [3.05, 3.63) is 0 Å². The molecule has 2 unspecified atom stereocenters. The molecule has 1 saturated carbocycles. The largest absolute Gasteiger partial charge is 0.367 e. The van der Waals surface area contributed by atoms with Gasteiger partial charge in [-0.25, -0.2) is 0 Å². The molecule has 2 aliphatic heterocycles. The SMILES string of the molecule is C[N+](C)(CC1CO1)C1CCC([N+](C)(C)CC2CO2)CC1. The first kappa shape index (κ1) is 14.8. The van der Waals surface area contributed by atoms with E-state index in [1.165, 1.54) is 38.8 Å². The van der Waals surface area contributed by atoms with E-state index in [1.807, 2.05) is 0 Å². The van der Waals surface area contributed by atoms with Gasteiger partial charge in [0.1, 0.15) is 25.3 Å². The maximum Gasteiger partial charge on any atom is 0.130 e. The Morgan fingerprint density at radius 1 is 0.700 bits per heavy atom. The second-order valence-corrected chi connectivity index (χ2v) is 8.30. The van der Waals surface area contributed by atoms with Gasteiger partial charge in [0, 0.05) is 25.7 Å². The van der Waals surface area contributed by atoms with Gasteiger partial charge in [0.25, 0.3) is 0 Å². The Morgan fingerprint density at radius 2 is 1.00 bits per heavy atom. The number of hydrogen-bond donors (Lipinski definition) is 0. The van der Waals surface area contributed by atoms with Crippen molar-refractivity contribution in [3.8, 4) is 0 Å². The lowest BCUT2D eigenvalue weighted by Crippen LogP contribution is -2.57. The highest BCUT2D eigenvalue weighted by atomic mass is 16.6. The Kier molecular flexibility index (Phi) is 3.87. The van der Waals surface area contributed by atoms with Crippen LogP contribution in [0.3, 0.4) is 0 Å². The standard InChI is InChI=1S/C16H32N2O2/c1-17(2,9-15-11-19-15)13-5-7-14(8-6-13)18(3,4)10-16-12-20-16/h13-16H,5-12H2,1-4H3/q+2. The summed E-state index contributed by atoms with van der Waals surface area (Å²) in [7, 11) is 9.57. The van der Waals surface area contributed by atoms with Crippen molar-refractivity contribution in [1.82, 2.24) is 0 Å². The van der Waals surface area contributed by atoms with Crippen LogP contribution in [0.4, 0.5) is 0 Å². The van der Waals surface area contributed by atoms with Crippen molar-refractivity contribution >= 4 is 0 Å². The second kappa shape index (κ2) is 5.24. The van der Waals surface area contributed by atoms with E-state index in [0.29, 0.717) is 12.2 Å². The molecule has 0 aromatic carbocycles. The van der Waals surface area contributed by atoms with Gasteiger partial charge >= 0.3 is 0 Å². The zero-order valence-electron chi connectivity index (χ0n) is 13.7. The van der Waals surface area contributed by atoms with Crippen LogP contribution in [-0.4, -0.2) is 87.8 Å². The van der Waals surface area contributed by atoms with E-state index in [9.17, 15) is 0 Å². The Balaban J connectivity index is 1.50. The first-order valence-electron chi connectivity index (χ1n) is 8.25. The topological polar surface area (TPSA) is 25.1 Å². The van der Waals surface area contributed by atoms with Gasteiger partial charge in [0.2, 0.25) is 0 Å². The third-order valence-corrected chi connectivity index (χ3v) is 5.80. The van der Waals surface area contributed by atoms with Crippen LogP contribution in [0.1, 0.15) is 25.7 Å². The maximum atomic E-state index is 5.43. The number of rotatable bonds is 6. The first-order chi connectivity index (χ1) is 9.37. The number of ether oxygens (including phenoxy) is 2. The molecular weight excluding hydrogens is 252 g/mol. The fraction of sp³-hybridized carbons (Fsp3) is 1.00. The van der Waals surface area contributed by atoms with Crippen LogP contribution in [-0.2, 0) is 9.47 Å². The number of epoxide rings is 2. The van der Waals surface area contributed by atoms with Crippen LogP contribution >= 0.6 is 0 Å². The average Bonchev–Trinajstić information content (AvgIpc) is 3.26. The van der Waals surface area contributed by atoms with Crippen molar-refractivity contribution in [2.75, 3.05) is 54.5 Å². The molecule has 0 N–H and O–H groups in total. The van der Waals surface area contributed by atoms with Crippen LogP contribution in [0.25, 0.3) is 0 Å². The summed E-state index contributed by atoms with van der Waals surface area (Å²) >= 11 is 0. The molecule has 0 aromatic rings. The van der Waals surface area contributed by atoms with Gasteiger partial charge in [0.15, 0.2) is 0 Å². The van der Waals surface area contributed by atoms with Gasteiger partial charge in [-0.05, 0) is 0 Å². The zero-order valence-corrected chi connectivity index (χ0v) is 13.7. The van der Waals surface area contributed by atoms with E-state index >= 15 is 0 Å². The predicted octanol–water partition coefficient (Wildman–Crippen LogP) is 1.25.